The quantitative estimate of drug-likeness (QED) is 0.583. The normalized spacial score (nSPS) is 20.9. The number of benzene rings is 2. The zero-order chi connectivity index (χ0) is 22.2. The summed E-state index contributed by atoms with van der Waals surface area (Å²) < 4.78 is 14.3. The highest BCUT2D eigenvalue weighted by Gasteiger charge is 2.41. The average Bonchev–Trinajstić information content (AvgIpc) is 3.50. The lowest BCUT2D eigenvalue weighted by atomic mass is 10.1. The Kier molecular flexibility index (Phi) is 5.34. The number of carbonyl (C=O) groups is 3. The van der Waals surface area contributed by atoms with E-state index in [1.54, 1.807) is 18.2 Å². The number of aromatic nitrogens is 1. The van der Waals surface area contributed by atoms with Gasteiger partial charge in [-0.3, -0.25) is 14.5 Å². The molecule has 0 spiro atoms. The van der Waals surface area contributed by atoms with Gasteiger partial charge in [-0.25, -0.2) is 9.18 Å². The number of hydrogen-bond donors (Lipinski definition) is 2. The van der Waals surface area contributed by atoms with Gasteiger partial charge in [0.05, 0.1) is 0 Å². The first-order chi connectivity index (χ1) is 15.5. The number of H-pyrrole nitrogens is 1. The van der Waals surface area contributed by atoms with E-state index in [2.05, 4.69) is 10.3 Å². The summed E-state index contributed by atoms with van der Waals surface area (Å²) in [5, 5.41) is 3.22. The van der Waals surface area contributed by atoms with E-state index in [0.717, 1.165) is 21.4 Å². The van der Waals surface area contributed by atoms with Gasteiger partial charge in [-0.15, -0.1) is 11.8 Å². The predicted octanol–water partition coefficient (Wildman–Crippen LogP) is 3.04. The van der Waals surface area contributed by atoms with Gasteiger partial charge in [-0.1, -0.05) is 36.4 Å². The van der Waals surface area contributed by atoms with Crippen LogP contribution in [0.5, 0.6) is 0 Å². The number of thioether (sulfide) groups is 1. The smallest absolute Gasteiger partial charge is 0.325 e. The zero-order valence-electron chi connectivity index (χ0n) is 17.1. The minimum Gasteiger partial charge on any atom is -0.361 e. The summed E-state index contributed by atoms with van der Waals surface area (Å²) in [5.74, 6) is -0.519. The zero-order valence-corrected chi connectivity index (χ0v) is 17.9. The van der Waals surface area contributed by atoms with Gasteiger partial charge >= 0.3 is 6.03 Å². The van der Waals surface area contributed by atoms with Crippen LogP contribution in [0.2, 0.25) is 0 Å². The Morgan fingerprint density at radius 2 is 1.91 bits per heavy atom. The molecule has 0 aliphatic carbocycles. The topological polar surface area (TPSA) is 85.5 Å². The summed E-state index contributed by atoms with van der Waals surface area (Å²) in [6.45, 7) is 0.0749. The third-order valence-electron chi connectivity index (χ3n) is 5.88. The summed E-state index contributed by atoms with van der Waals surface area (Å²) in [6.07, 6.45) is 2.16. The molecule has 2 saturated heterocycles. The molecule has 9 heteroatoms. The van der Waals surface area contributed by atoms with Crippen molar-refractivity contribution in [2.75, 3.05) is 18.8 Å². The van der Waals surface area contributed by atoms with Gasteiger partial charge in [0.1, 0.15) is 23.8 Å². The van der Waals surface area contributed by atoms with Crippen LogP contribution in [0, 0.1) is 5.82 Å². The minimum atomic E-state index is -0.732. The lowest BCUT2D eigenvalue weighted by Crippen LogP contribution is -2.43. The highest BCUT2D eigenvalue weighted by Crippen LogP contribution is 2.39. The number of carbonyl (C=O) groups excluding carboxylic acids is 3. The van der Waals surface area contributed by atoms with E-state index < -0.39 is 23.4 Å². The maximum atomic E-state index is 14.3. The van der Waals surface area contributed by atoms with Gasteiger partial charge in [0.2, 0.25) is 5.91 Å². The number of aromatic amines is 1. The SMILES string of the molecule is O=C1NC(Cc2c[nH]c3ccccc23)C(=O)N1CC(=O)N1CCSC1c1ccccc1F. The maximum Gasteiger partial charge on any atom is 0.325 e. The predicted molar refractivity (Wildman–Crippen MR) is 119 cm³/mol. The summed E-state index contributed by atoms with van der Waals surface area (Å²) in [4.78, 5) is 44.1. The number of fused-ring (bicyclic) bond motifs is 1. The van der Waals surface area contributed by atoms with Crippen molar-refractivity contribution in [2.24, 2.45) is 0 Å². The fraction of sp³-hybridized carbons (Fsp3) is 0.261. The molecule has 2 aliphatic heterocycles. The Morgan fingerprint density at radius 3 is 2.75 bits per heavy atom. The van der Waals surface area contributed by atoms with Crippen molar-refractivity contribution < 1.29 is 18.8 Å². The van der Waals surface area contributed by atoms with Gasteiger partial charge in [-0.05, 0) is 17.7 Å². The molecule has 2 unspecified atom stereocenters. The van der Waals surface area contributed by atoms with Crippen molar-refractivity contribution in [1.82, 2.24) is 20.1 Å². The fourth-order valence-electron chi connectivity index (χ4n) is 4.27. The van der Waals surface area contributed by atoms with Crippen molar-refractivity contribution in [3.05, 3.63) is 71.7 Å². The highest BCUT2D eigenvalue weighted by atomic mass is 32.2. The van der Waals surface area contributed by atoms with Crippen LogP contribution in [0.15, 0.2) is 54.7 Å². The Balaban J connectivity index is 1.29. The standard InChI is InChI=1S/C23H21FN4O3S/c24-17-7-3-1-6-16(17)22-27(9-10-32-22)20(29)13-28-21(30)19(26-23(28)31)11-14-12-25-18-8-4-2-5-15(14)18/h1-8,12,19,22,25H,9-11,13H2,(H,26,31). The van der Waals surface area contributed by atoms with E-state index in [-0.39, 0.29) is 18.3 Å². The third-order valence-corrected chi connectivity index (χ3v) is 7.12. The molecule has 0 saturated carbocycles. The first kappa shape index (κ1) is 20.6. The Labute approximate surface area is 187 Å². The monoisotopic (exact) mass is 452 g/mol. The Hall–Kier alpha value is -3.33. The van der Waals surface area contributed by atoms with Crippen molar-refractivity contribution in [3.63, 3.8) is 0 Å². The van der Waals surface area contributed by atoms with Crippen molar-refractivity contribution >= 4 is 40.5 Å². The molecule has 3 aromatic rings. The fourth-order valence-corrected chi connectivity index (χ4v) is 5.57. The van der Waals surface area contributed by atoms with E-state index in [4.69, 9.17) is 0 Å². The summed E-state index contributed by atoms with van der Waals surface area (Å²) in [6, 6.07) is 12.8. The lowest BCUT2D eigenvalue weighted by Gasteiger charge is -2.26. The molecule has 4 amide bonds. The van der Waals surface area contributed by atoms with Crippen LogP contribution in [-0.4, -0.2) is 57.5 Å². The largest absolute Gasteiger partial charge is 0.361 e. The van der Waals surface area contributed by atoms with Crippen molar-refractivity contribution in [3.8, 4) is 0 Å². The number of para-hydroxylation sites is 1. The molecule has 32 heavy (non-hydrogen) atoms. The Bertz CT molecular complexity index is 1210. The minimum absolute atomic E-state index is 0.330. The second-order valence-electron chi connectivity index (χ2n) is 7.82. The molecule has 5 rings (SSSR count). The van der Waals surface area contributed by atoms with Crippen LogP contribution in [0.25, 0.3) is 10.9 Å². The number of amides is 4. The number of urea groups is 1. The third kappa shape index (κ3) is 3.62. The molecule has 2 aliphatic rings. The molecular formula is C23H21FN4O3S. The first-order valence-electron chi connectivity index (χ1n) is 10.4. The molecule has 1 aromatic heterocycles. The number of nitrogens with zero attached hydrogens (tertiary/aromatic N) is 2. The second kappa shape index (κ2) is 8.31. The average molecular weight is 453 g/mol. The van der Waals surface area contributed by atoms with Crippen LogP contribution in [-0.2, 0) is 16.0 Å². The number of hydrogen-bond acceptors (Lipinski definition) is 4. The first-order valence-corrected chi connectivity index (χ1v) is 11.4. The number of halogens is 1. The number of imide groups is 1. The molecule has 7 nitrogen and oxygen atoms in total. The molecule has 2 N–H and O–H groups in total. The van der Waals surface area contributed by atoms with E-state index >= 15 is 0 Å². The molecule has 2 aromatic carbocycles. The maximum absolute atomic E-state index is 14.3. The van der Waals surface area contributed by atoms with E-state index in [0.29, 0.717) is 24.3 Å². The van der Waals surface area contributed by atoms with Crippen molar-refractivity contribution in [1.29, 1.82) is 0 Å². The van der Waals surface area contributed by atoms with E-state index in [9.17, 15) is 18.8 Å². The summed E-state index contributed by atoms with van der Waals surface area (Å²) in [7, 11) is 0. The van der Waals surface area contributed by atoms with E-state index in [1.807, 2.05) is 30.5 Å². The molecule has 164 valence electrons. The highest BCUT2D eigenvalue weighted by molar-refractivity contribution is 7.99. The summed E-state index contributed by atoms with van der Waals surface area (Å²) in [5.41, 5.74) is 2.30. The molecule has 0 bridgehead atoms. The van der Waals surface area contributed by atoms with Crippen LogP contribution in [0.3, 0.4) is 0 Å². The molecule has 2 fully saturated rings. The van der Waals surface area contributed by atoms with Crippen LogP contribution >= 0.6 is 11.8 Å². The van der Waals surface area contributed by atoms with Gasteiger partial charge in [0, 0.05) is 41.4 Å². The molecule has 3 heterocycles. The molecule has 0 radical (unpaired) electrons. The van der Waals surface area contributed by atoms with Crippen molar-refractivity contribution in [2.45, 2.75) is 17.8 Å². The number of rotatable bonds is 5. The number of nitrogens with one attached hydrogen (secondary N) is 2. The lowest BCUT2D eigenvalue weighted by molar-refractivity contribution is -0.137. The van der Waals surface area contributed by atoms with Crippen LogP contribution < -0.4 is 5.32 Å². The van der Waals surface area contributed by atoms with Crippen LogP contribution in [0.4, 0.5) is 9.18 Å². The second-order valence-corrected chi connectivity index (χ2v) is 9.01. The summed E-state index contributed by atoms with van der Waals surface area (Å²) >= 11 is 1.47. The Morgan fingerprint density at radius 1 is 1.12 bits per heavy atom. The van der Waals surface area contributed by atoms with Gasteiger partial charge in [-0.2, -0.15) is 0 Å². The van der Waals surface area contributed by atoms with E-state index in [1.165, 1.54) is 22.7 Å². The van der Waals surface area contributed by atoms with Gasteiger partial charge in [0.15, 0.2) is 0 Å². The van der Waals surface area contributed by atoms with Gasteiger partial charge in [0.25, 0.3) is 5.91 Å². The molecular weight excluding hydrogens is 431 g/mol. The van der Waals surface area contributed by atoms with Crippen LogP contribution in [0.1, 0.15) is 16.5 Å². The van der Waals surface area contributed by atoms with Gasteiger partial charge < -0.3 is 15.2 Å². The molecule has 2 atom stereocenters.